The molecule has 2 aliphatic heterocycles. The second-order valence-corrected chi connectivity index (χ2v) is 8.97. The zero-order chi connectivity index (χ0) is 23.2. The van der Waals surface area contributed by atoms with E-state index in [1.54, 1.807) is 7.11 Å². The van der Waals surface area contributed by atoms with Gasteiger partial charge in [-0.15, -0.1) is 0 Å². The molecule has 3 heterocycles. The number of rotatable bonds is 10. The molecule has 0 radical (unpaired) electrons. The number of aromatic nitrogens is 2. The molecule has 1 aromatic heterocycles. The Morgan fingerprint density at radius 2 is 1.85 bits per heavy atom. The average molecular weight is 459 g/mol. The quantitative estimate of drug-likeness (QED) is 0.502. The first-order valence-corrected chi connectivity index (χ1v) is 11.7. The predicted molar refractivity (Wildman–Crippen MR) is 123 cm³/mol. The van der Waals surface area contributed by atoms with Crippen molar-refractivity contribution in [1.29, 1.82) is 0 Å². The molecule has 1 aromatic carbocycles. The van der Waals surface area contributed by atoms with Gasteiger partial charge in [-0.25, -0.2) is 0 Å². The van der Waals surface area contributed by atoms with Crippen LogP contribution < -0.4 is 9.64 Å². The van der Waals surface area contributed by atoms with Crippen molar-refractivity contribution in [2.75, 3.05) is 51.4 Å². The molecule has 0 bridgehead atoms. The summed E-state index contributed by atoms with van der Waals surface area (Å²) in [6, 6.07) is 8.31. The minimum absolute atomic E-state index is 0.135. The highest BCUT2D eigenvalue weighted by Crippen LogP contribution is 2.22. The smallest absolute Gasteiger partial charge is 0.324 e. The first-order valence-electron chi connectivity index (χ1n) is 11.7. The molecular formula is C24H34N4O5. The van der Waals surface area contributed by atoms with Crippen LogP contribution in [0.25, 0.3) is 0 Å². The second-order valence-electron chi connectivity index (χ2n) is 8.97. The maximum absolute atomic E-state index is 12.2. The van der Waals surface area contributed by atoms with E-state index < -0.39 is 0 Å². The lowest BCUT2D eigenvalue weighted by molar-refractivity contribution is -0.142. The molecule has 180 valence electrons. The van der Waals surface area contributed by atoms with Crippen molar-refractivity contribution >= 4 is 11.9 Å². The third-order valence-corrected chi connectivity index (χ3v) is 6.18. The normalized spacial score (nSPS) is 17.5. The fraction of sp³-hybridized carbons (Fsp3) is 0.625. The Morgan fingerprint density at radius 3 is 2.48 bits per heavy atom. The molecule has 33 heavy (non-hydrogen) atoms. The molecule has 0 unspecified atom stereocenters. The van der Waals surface area contributed by atoms with Crippen molar-refractivity contribution in [2.24, 2.45) is 0 Å². The number of likely N-dealkylation sites (tertiary alicyclic amines) is 1. The van der Waals surface area contributed by atoms with Crippen molar-refractivity contribution in [2.45, 2.75) is 51.2 Å². The minimum Gasteiger partial charge on any atom is -0.491 e. The zero-order valence-electron chi connectivity index (χ0n) is 19.7. The maximum Gasteiger partial charge on any atom is 0.324 e. The summed E-state index contributed by atoms with van der Waals surface area (Å²) in [7, 11) is 1.68. The van der Waals surface area contributed by atoms with Crippen LogP contribution in [0.2, 0.25) is 0 Å². The fourth-order valence-corrected chi connectivity index (χ4v) is 3.96. The summed E-state index contributed by atoms with van der Waals surface area (Å²) in [6.45, 7) is 8.20. The van der Waals surface area contributed by atoms with E-state index in [0.29, 0.717) is 38.7 Å². The Balaban J connectivity index is 1.10. The van der Waals surface area contributed by atoms with Crippen molar-refractivity contribution < 1.29 is 23.5 Å². The van der Waals surface area contributed by atoms with E-state index in [9.17, 15) is 4.79 Å². The number of hydrogen-bond donors (Lipinski definition) is 0. The molecule has 0 aliphatic carbocycles. The second kappa shape index (κ2) is 11.0. The number of ether oxygens (including phenoxy) is 3. The lowest BCUT2D eigenvalue weighted by Crippen LogP contribution is -2.54. The lowest BCUT2D eigenvalue weighted by Gasteiger charge is -2.38. The van der Waals surface area contributed by atoms with Gasteiger partial charge in [0.25, 0.3) is 0 Å². The summed E-state index contributed by atoms with van der Waals surface area (Å²) >= 11 is 0. The van der Waals surface area contributed by atoms with Gasteiger partial charge in [0.1, 0.15) is 12.4 Å². The molecular weight excluding hydrogens is 424 g/mol. The van der Waals surface area contributed by atoms with Crippen LogP contribution in [0.3, 0.4) is 0 Å². The summed E-state index contributed by atoms with van der Waals surface area (Å²) in [4.78, 5) is 20.7. The number of hydrogen-bond acceptors (Lipinski definition) is 8. The van der Waals surface area contributed by atoms with Crippen molar-refractivity contribution in [3.8, 4) is 5.75 Å². The standard InChI is InChI=1S/C24H34N4O5/c1-17(2)23-25-24(33-26-23)27-10-8-20(9-11-27)32-13-12-31-19-6-4-18(5-7-19)14-22(29)28-15-21(16-28)30-3/h4-7,17,20-21H,8-16H2,1-3H3. The van der Waals surface area contributed by atoms with Gasteiger partial charge in [0.15, 0.2) is 5.82 Å². The van der Waals surface area contributed by atoms with Crippen molar-refractivity contribution in [3.05, 3.63) is 35.7 Å². The topological polar surface area (TPSA) is 90.2 Å². The van der Waals surface area contributed by atoms with E-state index in [4.69, 9.17) is 18.7 Å². The van der Waals surface area contributed by atoms with Gasteiger partial charge in [-0.1, -0.05) is 31.1 Å². The molecule has 0 N–H and O–H groups in total. The van der Waals surface area contributed by atoms with Crippen molar-refractivity contribution in [3.63, 3.8) is 0 Å². The van der Waals surface area contributed by atoms with Gasteiger partial charge < -0.3 is 28.5 Å². The number of carbonyl (C=O) groups is 1. The Kier molecular flexibility index (Phi) is 7.82. The number of carbonyl (C=O) groups excluding carboxylic acids is 1. The number of nitrogens with zero attached hydrogens (tertiary/aromatic N) is 4. The van der Waals surface area contributed by atoms with Crippen LogP contribution in [-0.4, -0.2) is 79.7 Å². The summed E-state index contributed by atoms with van der Waals surface area (Å²) in [5, 5.41) is 4.04. The average Bonchev–Trinajstić information content (AvgIpc) is 3.28. The van der Waals surface area contributed by atoms with Gasteiger partial charge in [-0.3, -0.25) is 4.79 Å². The Hall–Kier alpha value is -2.65. The highest BCUT2D eigenvalue weighted by atomic mass is 16.5. The predicted octanol–water partition coefficient (Wildman–Crippen LogP) is 2.66. The number of methoxy groups -OCH3 is 1. The van der Waals surface area contributed by atoms with Gasteiger partial charge in [0, 0.05) is 39.2 Å². The Morgan fingerprint density at radius 1 is 1.12 bits per heavy atom. The fourth-order valence-electron chi connectivity index (χ4n) is 3.96. The van der Waals surface area contributed by atoms with E-state index >= 15 is 0 Å². The third kappa shape index (κ3) is 6.23. The molecule has 9 heteroatoms. The number of piperidine rings is 1. The first-order chi connectivity index (χ1) is 16.0. The number of anilines is 1. The highest BCUT2D eigenvalue weighted by Gasteiger charge is 2.30. The molecule has 2 saturated heterocycles. The van der Waals surface area contributed by atoms with Crippen LogP contribution in [0.4, 0.5) is 6.01 Å². The molecule has 2 fully saturated rings. The van der Waals surface area contributed by atoms with Gasteiger partial charge >= 0.3 is 6.01 Å². The largest absolute Gasteiger partial charge is 0.491 e. The van der Waals surface area contributed by atoms with Gasteiger partial charge in [0.05, 0.1) is 25.2 Å². The summed E-state index contributed by atoms with van der Waals surface area (Å²) < 4.78 is 22.4. The van der Waals surface area contributed by atoms with Crippen LogP contribution in [0.1, 0.15) is 44.0 Å². The third-order valence-electron chi connectivity index (χ3n) is 6.18. The SMILES string of the molecule is COC1CN(C(=O)Cc2ccc(OCCOC3CCN(c4nc(C(C)C)no4)CC3)cc2)C1. The van der Waals surface area contributed by atoms with E-state index in [0.717, 1.165) is 43.1 Å². The van der Waals surface area contributed by atoms with Gasteiger partial charge in [-0.05, 0) is 30.5 Å². The molecule has 0 spiro atoms. The zero-order valence-corrected chi connectivity index (χ0v) is 19.7. The van der Waals surface area contributed by atoms with E-state index in [2.05, 4.69) is 28.9 Å². The van der Waals surface area contributed by atoms with Crippen LogP contribution >= 0.6 is 0 Å². The summed E-state index contributed by atoms with van der Waals surface area (Å²) in [6.07, 6.45) is 2.64. The molecule has 9 nitrogen and oxygen atoms in total. The maximum atomic E-state index is 12.2. The molecule has 4 rings (SSSR count). The molecule has 2 aliphatic rings. The molecule has 2 aromatic rings. The van der Waals surface area contributed by atoms with E-state index in [-0.39, 0.29) is 24.0 Å². The number of benzene rings is 1. The Labute approximate surface area is 195 Å². The summed E-state index contributed by atoms with van der Waals surface area (Å²) in [5.41, 5.74) is 0.984. The van der Waals surface area contributed by atoms with Crippen molar-refractivity contribution in [1.82, 2.24) is 15.0 Å². The minimum atomic E-state index is 0.135. The number of amides is 1. The monoisotopic (exact) mass is 458 g/mol. The van der Waals surface area contributed by atoms with Crippen LogP contribution in [-0.2, 0) is 20.7 Å². The first kappa shape index (κ1) is 23.5. The Bertz CT molecular complexity index is 887. The molecule has 0 atom stereocenters. The van der Waals surface area contributed by atoms with Crippen LogP contribution in [0.15, 0.2) is 28.8 Å². The summed E-state index contributed by atoms with van der Waals surface area (Å²) in [5.74, 6) is 1.93. The van der Waals surface area contributed by atoms with Gasteiger partial charge in [0.2, 0.25) is 5.91 Å². The lowest BCUT2D eigenvalue weighted by atomic mass is 10.1. The van der Waals surface area contributed by atoms with Crippen LogP contribution in [0, 0.1) is 0 Å². The molecule has 0 saturated carbocycles. The van der Waals surface area contributed by atoms with E-state index in [1.165, 1.54) is 0 Å². The van der Waals surface area contributed by atoms with Crippen LogP contribution in [0.5, 0.6) is 5.75 Å². The van der Waals surface area contributed by atoms with Gasteiger partial charge in [-0.2, -0.15) is 4.98 Å². The highest BCUT2D eigenvalue weighted by molar-refractivity contribution is 5.79. The molecule has 1 amide bonds. The van der Waals surface area contributed by atoms with E-state index in [1.807, 2.05) is 29.2 Å².